The van der Waals surface area contributed by atoms with Crippen LogP contribution >= 0.6 is 0 Å². The van der Waals surface area contributed by atoms with Gasteiger partial charge in [-0.1, -0.05) is 61.1 Å². The summed E-state index contributed by atoms with van der Waals surface area (Å²) in [6, 6.07) is 16.5. The minimum Gasteiger partial charge on any atom is -0.508 e. The lowest BCUT2D eigenvalue weighted by Crippen LogP contribution is -2.52. The highest BCUT2D eigenvalue weighted by molar-refractivity contribution is 5.89. The molecule has 8 rings (SSSR count). The zero-order valence-corrected chi connectivity index (χ0v) is 31.2. The number of phenolic OH excluding ortho intramolecular Hbond substituents is 2. The van der Waals surface area contributed by atoms with Crippen molar-refractivity contribution < 1.29 is 44.3 Å². The standard InChI is InChI=1S/C46H48O9/c1-45(53)35-9-10-39(49)33(20-35)15-27-5-4-6-36(17-27)46(12-2-3-13-46)14-11-31-19-29(32-16-28(26-47)18-37(48)21-32)7-8-30-24-43(51)54-41-25-40(50)34(22-38(30)41)23-42(45)55-44(31)52/h4-6,11,16-18,21-22,25,29-30,33,35,42,47-48,50,53H,2-3,9-10,12-15,19-20,23-24,26H2,1H3/b31-11-/t29-,30-,33-,35-,42+,45-/m0/s1. The van der Waals surface area contributed by atoms with Gasteiger partial charge in [0.05, 0.1) is 18.9 Å². The van der Waals surface area contributed by atoms with Crippen molar-refractivity contribution >= 4 is 17.7 Å². The summed E-state index contributed by atoms with van der Waals surface area (Å²) in [5.41, 5.74) is 2.87. The molecule has 5 aliphatic rings. The monoisotopic (exact) mass is 744 g/mol. The Morgan fingerprint density at radius 1 is 0.909 bits per heavy atom. The van der Waals surface area contributed by atoms with E-state index in [4.69, 9.17) is 9.47 Å². The lowest BCUT2D eigenvalue weighted by molar-refractivity contribution is -0.170. The molecule has 0 aromatic heterocycles. The maximum atomic E-state index is 14.8. The molecule has 0 amide bonds. The fraction of sp³-hybridized carbons (Fsp3) is 0.457. The Hall–Kier alpha value is -4.91. The number of carbonyl (C=O) groups is 3. The van der Waals surface area contributed by atoms with E-state index in [1.807, 2.05) is 6.08 Å². The summed E-state index contributed by atoms with van der Waals surface area (Å²) in [4.78, 5) is 41.1. The second-order valence-electron chi connectivity index (χ2n) is 16.7. The number of carbonyl (C=O) groups excluding carboxylic acids is 3. The van der Waals surface area contributed by atoms with Crippen molar-refractivity contribution in [2.24, 2.45) is 11.8 Å². The lowest BCUT2D eigenvalue weighted by Gasteiger charge is -2.42. The fourth-order valence-electron chi connectivity index (χ4n) is 9.81. The van der Waals surface area contributed by atoms with Gasteiger partial charge in [-0.05, 0) is 109 Å². The molecule has 0 saturated heterocycles. The van der Waals surface area contributed by atoms with Gasteiger partial charge in [-0.25, -0.2) is 4.79 Å². The molecule has 55 heavy (non-hydrogen) atoms. The SMILES string of the molecule is C[C@]1(O)[C@H]2CCC(=O)[C@@H](Cc3cccc(c3)C3(C/C=C4/C[C@@H](c5cc(O)cc(CO)c5)C#C[C@H]5CC(=O)Oc6cc(O)c(cc65)C[C@H]1OC4=O)CCCC3)C2. The number of ketones is 1. The number of phenols is 2. The molecule has 2 aliphatic carbocycles. The molecule has 9 nitrogen and oxygen atoms in total. The second kappa shape index (κ2) is 14.6. The summed E-state index contributed by atoms with van der Waals surface area (Å²) in [5.74, 6) is 3.72. The number of benzene rings is 3. The first-order valence-electron chi connectivity index (χ1n) is 19.7. The van der Waals surface area contributed by atoms with Crippen molar-refractivity contribution in [3.63, 3.8) is 0 Å². The summed E-state index contributed by atoms with van der Waals surface area (Å²) in [6.07, 6.45) is 7.09. The van der Waals surface area contributed by atoms with Crippen LogP contribution < -0.4 is 4.74 Å². The van der Waals surface area contributed by atoms with Gasteiger partial charge in [0.25, 0.3) is 0 Å². The van der Waals surface area contributed by atoms with Crippen molar-refractivity contribution in [2.75, 3.05) is 0 Å². The minimum atomic E-state index is -1.60. The van der Waals surface area contributed by atoms with E-state index in [-0.39, 0.29) is 66.2 Å². The van der Waals surface area contributed by atoms with E-state index in [1.165, 1.54) is 17.7 Å². The molecule has 6 atom stereocenters. The number of hydrogen-bond donors (Lipinski definition) is 4. The van der Waals surface area contributed by atoms with E-state index in [0.717, 1.165) is 31.2 Å². The molecule has 3 aliphatic heterocycles. The maximum Gasteiger partial charge on any atom is 0.334 e. The van der Waals surface area contributed by atoms with Gasteiger partial charge in [-0.15, -0.1) is 0 Å². The Balaban J connectivity index is 1.33. The maximum absolute atomic E-state index is 14.8. The van der Waals surface area contributed by atoms with Gasteiger partial charge in [0.2, 0.25) is 0 Å². The Morgan fingerprint density at radius 2 is 1.71 bits per heavy atom. The number of aliphatic hydroxyl groups excluding tert-OH is 1. The average molecular weight is 745 g/mol. The van der Waals surface area contributed by atoms with Crippen LogP contribution in [0.5, 0.6) is 17.2 Å². The van der Waals surface area contributed by atoms with Crippen molar-refractivity contribution in [1.82, 2.24) is 0 Å². The van der Waals surface area contributed by atoms with Crippen LogP contribution in [-0.4, -0.2) is 49.9 Å². The highest BCUT2D eigenvalue weighted by Gasteiger charge is 2.47. The Labute approximate surface area is 321 Å². The number of allylic oxidation sites excluding steroid dienone is 1. The lowest BCUT2D eigenvalue weighted by atomic mass is 9.68. The zero-order valence-electron chi connectivity index (χ0n) is 31.2. The number of Topliss-reactive ketones (excluding diaryl/α,β-unsaturated/α-hetero) is 1. The number of fused-ring (bicyclic) bond motifs is 9. The number of rotatable bonds is 2. The molecule has 286 valence electrons. The van der Waals surface area contributed by atoms with Crippen LogP contribution in [0.15, 0.2) is 66.2 Å². The molecular formula is C46H48O9. The summed E-state index contributed by atoms with van der Waals surface area (Å²) in [7, 11) is 0. The van der Waals surface area contributed by atoms with Gasteiger partial charge < -0.3 is 29.9 Å². The molecule has 1 spiro atoms. The van der Waals surface area contributed by atoms with E-state index in [1.54, 1.807) is 25.1 Å². The second-order valence-corrected chi connectivity index (χ2v) is 16.7. The van der Waals surface area contributed by atoms with Crippen LogP contribution in [-0.2, 0) is 44.0 Å². The quantitative estimate of drug-likeness (QED) is 0.127. The predicted molar refractivity (Wildman–Crippen MR) is 203 cm³/mol. The third-order valence-corrected chi connectivity index (χ3v) is 13.1. The van der Waals surface area contributed by atoms with Crippen LogP contribution in [0.25, 0.3) is 0 Å². The first kappa shape index (κ1) is 37.0. The molecule has 0 radical (unpaired) electrons. The fourth-order valence-corrected chi connectivity index (χ4v) is 9.81. The van der Waals surface area contributed by atoms with E-state index >= 15 is 0 Å². The number of esters is 2. The van der Waals surface area contributed by atoms with E-state index in [0.29, 0.717) is 59.9 Å². The van der Waals surface area contributed by atoms with E-state index < -0.39 is 35.5 Å². The highest BCUT2D eigenvalue weighted by atomic mass is 16.6. The van der Waals surface area contributed by atoms with E-state index in [9.17, 15) is 34.8 Å². The molecule has 9 heteroatoms. The number of ether oxygens (including phenoxy) is 2. The number of aliphatic hydroxyl groups is 2. The third kappa shape index (κ3) is 7.30. The first-order valence-corrected chi connectivity index (χ1v) is 19.7. The molecular weight excluding hydrogens is 696 g/mol. The molecule has 2 saturated carbocycles. The van der Waals surface area contributed by atoms with Crippen LogP contribution in [0.2, 0.25) is 0 Å². The van der Waals surface area contributed by atoms with Crippen molar-refractivity contribution in [3.05, 3.63) is 99.6 Å². The van der Waals surface area contributed by atoms with Gasteiger partial charge in [0, 0.05) is 41.9 Å². The van der Waals surface area contributed by atoms with Crippen molar-refractivity contribution in [3.8, 4) is 29.1 Å². The Bertz CT molecular complexity index is 2130. The van der Waals surface area contributed by atoms with E-state index in [2.05, 4.69) is 36.1 Å². The Kier molecular flexibility index (Phi) is 9.85. The average Bonchev–Trinajstić information content (AvgIpc) is 3.65. The van der Waals surface area contributed by atoms with Crippen LogP contribution in [0.4, 0.5) is 0 Å². The normalized spacial score (nSPS) is 29.8. The third-order valence-electron chi connectivity index (χ3n) is 13.1. The highest BCUT2D eigenvalue weighted by Crippen LogP contribution is 2.47. The molecule has 2 fully saturated rings. The van der Waals surface area contributed by atoms with Gasteiger partial charge in [0.15, 0.2) is 0 Å². The molecule has 8 bridgehead atoms. The summed E-state index contributed by atoms with van der Waals surface area (Å²) < 4.78 is 12.0. The number of aromatic hydroxyl groups is 2. The largest absolute Gasteiger partial charge is 0.508 e. The zero-order chi connectivity index (χ0) is 38.5. The number of hydrogen-bond acceptors (Lipinski definition) is 9. The summed E-state index contributed by atoms with van der Waals surface area (Å²) >= 11 is 0. The van der Waals surface area contributed by atoms with Gasteiger partial charge >= 0.3 is 11.9 Å². The van der Waals surface area contributed by atoms with Crippen LogP contribution in [0, 0.1) is 23.7 Å². The molecule has 3 aromatic carbocycles. The molecule has 3 aromatic rings. The van der Waals surface area contributed by atoms with Gasteiger partial charge in [-0.2, -0.15) is 0 Å². The van der Waals surface area contributed by atoms with Crippen molar-refractivity contribution in [2.45, 2.75) is 120 Å². The molecule has 4 N–H and O–H groups in total. The van der Waals surface area contributed by atoms with Crippen LogP contribution in [0.3, 0.4) is 0 Å². The van der Waals surface area contributed by atoms with Gasteiger partial charge in [-0.3, -0.25) is 9.59 Å². The smallest absolute Gasteiger partial charge is 0.334 e. The summed E-state index contributed by atoms with van der Waals surface area (Å²) in [6.45, 7) is 1.36. The van der Waals surface area contributed by atoms with Crippen LogP contribution in [0.1, 0.15) is 116 Å². The predicted octanol–water partition coefficient (Wildman–Crippen LogP) is 6.75. The minimum absolute atomic E-state index is 0.0305. The summed E-state index contributed by atoms with van der Waals surface area (Å²) in [5, 5.41) is 44.7. The Morgan fingerprint density at radius 3 is 2.51 bits per heavy atom. The molecule has 3 heterocycles. The molecule has 0 unspecified atom stereocenters. The van der Waals surface area contributed by atoms with Crippen molar-refractivity contribution in [1.29, 1.82) is 0 Å². The van der Waals surface area contributed by atoms with Gasteiger partial charge in [0.1, 0.15) is 34.7 Å². The topological polar surface area (TPSA) is 151 Å². The first-order chi connectivity index (χ1) is 26.4.